The number of aromatic nitrogens is 2. The SMILES string of the molecule is Cc1nccc(CNCc2cc(C)sc2C)n1. The van der Waals surface area contributed by atoms with Gasteiger partial charge in [-0.1, -0.05) is 0 Å². The molecule has 2 heterocycles. The highest BCUT2D eigenvalue weighted by molar-refractivity contribution is 7.12. The van der Waals surface area contributed by atoms with Crippen LogP contribution in [0.1, 0.15) is 26.8 Å². The number of rotatable bonds is 4. The van der Waals surface area contributed by atoms with Crippen molar-refractivity contribution in [3.05, 3.63) is 45.2 Å². The number of nitrogens with zero attached hydrogens (tertiary/aromatic N) is 2. The summed E-state index contributed by atoms with van der Waals surface area (Å²) in [7, 11) is 0. The molecule has 0 aliphatic rings. The maximum Gasteiger partial charge on any atom is 0.125 e. The molecule has 0 aliphatic heterocycles. The molecule has 4 heteroatoms. The summed E-state index contributed by atoms with van der Waals surface area (Å²) in [6, 6.07) is 4.20. The highest BCUT2D eigenvalue weighted by Gasteiger charge is 2.02. The molecule has 0 amide bonds. The van der Waals surface area contributed by atoms with E-state index in [0.717, 1.165) is 24.6 Å². The van der Waals surface area contributed by atoms with E-state index in [2.05, 4.69) is 35.2 Å². The summed E-state index contributed by atoms with van der Waals surface area (Å²) in [6.45, 7) is 7.92. The molecular weight excluding hydrogens is 230 g/mol. The number of nitrogens with one attached hydrogen (secondary N) is 1. The van der Waals surface area contributed by atoms with Crippen LogP contribution >= 0.6 is 11.3 Å². The normalized spacial score (nSPS) is 10.8. The van der Waals surface area contributed by atoms with Gasteiger partial charge in [-0.2, -0.15) is 0 Å². The average molecular weight is 247 g/mol. The Balaban J connectivity index is 1.89. The molecule has 2 rings (SSSR count). The molecule has 0 radical (unpaired) electrons. The van der Waals surface area contributed by atoms with E-state index in [1.54, 1.807) is 6.20 Å². The first-order valence-electron chi connectivity index (χ1n) is 5.70. The topological polar surface area (TPSA) is 37.8 Å². The lowest BCUT2D eigenvalue weighted by Crippen LogP contribution is -2.14. The van der Waals surface area contributed by atoms with Gasteiger partial charge >= 0.3 is 0 Å². The minimum Gasteiger partial charge on any atom is -0.307 e. The predicted octanol–water partition coefficient (Wildman–Crippen LogP) is 2.75. The van der Waals surface area contributed by atoms with Crippen LogP contribution in [0.5, 0.6) is 0 Å². The fourth-order valence-electron chi connectivity index (χ4n) is 1.79. The second kappa shape index (κ2) is 5.38. The van der Waals surface area contributed by atoms with Gasteiger partial charge in [0.15, 0.2) is 0 Å². The van der Waals surface area contributed by atoms with Gasteiger partial charge in [-0.05, 0) is 38.5 Å². The van der Waals surface area contributed by atoms with Gasteiger partial charge < -0.3 is 5.32 Å². The van der Waals surface area contributed by atoms with Crippen molar-refractivity contribution in [3.63, 3.8) is 0 Å². The minimum atomic E-state index is 0.789. The Morgan fingerprint density at radius 3 is 2.71 bits per heavy atom. The first-order valence-corrected chi connectivity index (χ1v) is 6.52. The zero-order valence-corrected chi connectivity index (χ0v) is 11.3. The molecule has 0 saturated carbocycles. The molecule has 1 N–H and O–H groups in total. The molecule has 0 bridgehead atoms. The quantitative estimate of drug-likeness (QED) is 0.902. The lowest BCUT2D eigenvalue weighted by atomic mass is 10.2. The van der Waals surface area contributed by atoms with Crippen LogP contribution in [0.25, 0.3) is 0 Å². The van der Waals surface area contributed by atoms with Gasteiger partial charge in [0.25, 0.3) is 0 Å². The minimum absolute atomic E-state index is 0.789. The third-order valence-electron chi connectivity index (χ3n) is 2.60. The number of hydrogen-bond acceptors (Lipinski definition) is 4. The van der Waals surface area contributed by atoms with E-state index in [0.29, 0.717) is 0 Å². The molecule has 2 aromatic rings. The summed E-state index contributed by atoms with van der Waals surface area (Å²) < 4.78 is 0. The van der Waals surface area contributed by atoms with Crippen LogP contribution in [-0.2, 0) is 13.1 Å². The van der Waals surface area contributed by atoms with E-state index in [1.165, 1.54) is 15.3 Å². The molecule has 0 atom stereocenters. The standard InChI is InChI=1S/C13H17N3S/c1-9-6-12(10(2)17-9)7-14-8-13-4-5-15-11(3)16-13/h4-6,14H,7-8H2,1-3H3. The second-order valence-corrected chi connectivity index (χ2v) is 5.60. The van der Waals surface area contributed by atoms with Gasteiger partial charge in [0.05, 0.1) is 5.69 Å². The van der Waals surface area contributed by atoms with E-state index in [1.807, 2.05) is 24.3 Å². The number of thiophene rings is 1. The van der Waals surface area contributed by atoms with Gasteiger partial charge in [0.1, 0.15) is 5.82 Å². The van der Waals surface area contributed by atoms with Crippen LogP contribution < -0.4 is 5.32 Å². The predicted molar refractivity (Wildman–Crippen MR) is 71.1 cm³/mol. The zero-order valence-electron chi connectivity index (χ0n) is 10.4. The highest BCUT2D eigenvalue weighted by Crippen LogP contribution is 2.20. The van der Waals surface area contributed by atoms with Crippen LogP contribution in [0.4, 0.5) is 0 Å². The van der Waals surface area contributed by atoms with Crippen molar-refractivity contribution in [1.82, 2.24) is 15.3 Å². The molecule has 90 valence electrons. The first kappa shape index (κ1) is 12.2. The smallest absolute Gasteiger partial charge is 0.125 e. The van der Waals surface area contributed by atoms with E-state index >= 15 is 0 Å². The molecule has 2 aromatic heterocycles. The van der Waals surface area contributed by atoms with E-state index in [-0.39, 0.29) is 0 Å². The summed E-state index contributed by atoms with van der Waals surface area (Å²) in [5.74, 6) is 0.826. The molecule has 17 heavy (non-hydrogen) atoms. The number of aryl methyl sites for hydroxylation is 3. The Morgan fingerprint density at radius 1 is 1.24 bits per heavy atom. The van der Waals surface area contributed by atoms with E-state index in [4.69, 9.17) is 0 Å². The monoisotopic (exact) mass is 247 g/mol. The fourth-order valence-corrected chi connectivity index (χ4v) is 2.73. The first-order chi connectivity index (χ1) is 8.15. The molecule has 0 aliphatic carbocycles. The third kappa shape index (κ3) is 3.35. The molecule has 0 spiro atoms. The lowest BCUT2D eigenvalue weighted by Gasteiger charge is -2.04. The fraction of sp³-hybridized carbons (Fsp3) is 0.385. The van der Waals surface area contributed by atoms with Crippen LogP contribution in [0.15, 0.2) is 18.3 Å². The van der Waals surface area contributed by atoms with Gasteiger partial charge in [0.2, 0.25) is 0 Å². The molecule has 0 fully saturated rings. The van der Waals surface area contributed by atoms with Crippen molar-refractivity contribution in [2.75, 3.05) is 0 Å². The van der Waals surface area contributed by atoms with Crippen molar-refractivity contribution in [2.45, 2.75) is 33.9 Å². The van der Waals surface area contributed by atoms with Gasteiger partial charge in [0, 0.05) is 29.0 Å². The van der Waals surface area contributed by atoms with Crippen molar-refractivity contribution in [1.29, 1.82) is 0 Å². The van der Waals surface area contributed by atoms with E-state index in [9.17, 15) is 0 Å². The average Bonchev–Trinajstić information content (AvgIpc) is 2.58. The zero-order chi connectivity index (χ0) is 12.3. The van der Waals surface area contributed by atoms with Gasteiger partial charge in [-0.3, -0.25) is 0 Å². The lowest BCUT2D eigenvalue weighted by molar-refractivity contribution is 0.674. The maximum atomic E-state index is 4.36. The Kier molecular flexibility index (Phi) is 3.86. The summed E-state index contributed by atoms with van der Waals surface area (Å²) >= 11 is 1.85. The largest absolute Gasteiger partial charge is 0.307 e. The van der Waals surface area contributed by atoms with Crippen LogP contribution in [0.3, 0.4) is 0 Å². The van der Waals surface area contributed by atoms with Crippen molar-refractivity contribution in [2.24, 2.45) is 0 Å². The molecule has 0 unspecified atom stereocenters. The van der Waals surface area contributed by atoms with Crippen molar-refractivity contribution < 1.29 is 0 Å². The van der Waals surface area contributed by atoms with Crippen LogP contribution in [-0.4, -0.2) is 9.97 Å². The van der Waals surface area contributed by atoms with Crippen molar-refractivity contribution in [3.8, 4) is 0 Å². The summed E-state index contributed by atoms with van der Waals surface area (Å²) in [5, 5.41) is 3.42. The van der Waals surface area contributed by atoms with Crippen LogP contribution in [0, 0.1) is 20.8 Å². The van der Waals surface area contributed by atoms with Gasteiger partial charge in [-0.25, -0.2) is 9.97 Å². The number of hydrogen-bond donors (Lipinski definition) is 1. The molecule has 0 saturated heterocycles. The van der Waals surface area contributed by atoms with Gasteiger partial charge in [-0.15, -0.1) is 11.3 Å². The molecule has 0 aromatic carbocycles. The Hall–Kier alpha value is -1.26. The maximum absolute atomic E-state index is 4.36. The Morgan fingerprint density at radius 2 is 2.06 bits per heavy atom. The van der Waals surface area contributed by atoms with E-state index < -0.39 is 0 Å². The third-order valence-corrected chi connectivity index (χ3v) is 3.61. The van der Waals surface area contributed by atoms with Crippen molar-refractivity contribution >= 4 is 11.3 Å². The van der Waals surface area contributed by atoms with Crippen LogP contribution in [0.2, 0.25) is 0 Å². The summed E-state index contributed by atoms with van der Waals surface area (Å²) in [6.07, 6.45) is 1.80. The summed E-state index contributed by atoms with van der Waals surface area (Å²) in [5.41, 5.74) is 2.43. The Labute approximate surface area is 106 Å². The molecule has 3 nitrogen and oxygen atoms in total. The summed E-state index contributed by atoms with van der Waals surface area (Å²) in [4.78, 5) is 11.2. The second-order valence-electron chi connectivity index (χ2n) is 4.14. The highest BCUT2D eigenvalue weighted by atomic mass is 32.1. The molecular formula is C13H17N3S. The Bertz CT molecular complexity index is 505.